The van der Waals surface area contributed by atoms with Gasteiger partial charge in [0.15, 0.2) is 0 Å². The van der Waals surface area contributed by atoms with Crippen LogP contribution in [0.5, 0.6) is 0 Å². The van der Waals surface area contributed by atoms with E-state index in [0.717, 1.165) is 16.8 Å². The minimum Gasteiger partial charge on any atom is -0.354 e. The van der Waals surface area contributed by atoms with E-state index in [4.69, 9.17) is 0 Å². The molecule has 0 saturated heterocycles. The molecule has 6 heteroatoms. The maximum atomic E-state index is 13.0. The molecule has 1 aromatic heterocycles. The van der Waals surface area contributed by atoms with Crippen LogP contribution in [-0.2, 0) is 16.1 Å². The van der Waals surface area contributed by atoms with Gasteiger partial charge in [0.05, 0.1) is 17.7 Å². The molecule has 1 aromatic carbocycles. The summed E-state index contributed by atoms with van der Waals surface area (Å²) in [5.74, 6) is -0.570. The first-order valence-electron chi connectivity index (χ1n) is 9.15. The number of amides is 2. The van der Waals surface area contributed by atoms with Crippen LogP contribution >= 0.6 is 0 Å². The van der Waals surface area contributed by atoms with Crippen LogP contribution in [0.1, 0.15) is 35.7 Å². The topological polar surface area (TPSA) is 65.5 Å². The third-order valence-electron chi connectivity index (χ3n) is 5.06. The lowest BCUT2D eigenvalue weighted by Crippen LogP contribution is -2.45. The van der Waals surface area contributed by atoms with Crippen molar-refractivity contribution in [2.75, 3.05) is 27.2 Å². The van der Waals surface area contributed by atoms with Crippen molar-refractivity contribution in [2.45, 2.75) is 25.4 Å². The van der Waals surface area contributed by atoms with Crippen LogP contribution in [0, 0.1) is 0 Å². The number of fused-ring (bicyclic) bond motifs is 1. The zero-order chi connectivity index (χ0) is 19.4. The molecule has 1 aliphatic heterocycles. The average molecular weight is 366 g/mol. The van der Waals surface area contributed by atoms with Gasteiger partial charge >= 0.3 is 0 Å². The molecule has 0 aliphatic carbocycles. The molecule has 0 saturated carbocycles. The second kappa shape index (κ2) is 8.31. The lowest BCUT2D eigenvalue weighted by Gasteiger charge is -2.33. The Morgan fingerprint density at radius 2 is 1.96 bits per heavy atom. The number of carbonyl (C=O) groups excluding carboxylic acids is 2. The third-order valence-corrected chi connectivity index (χ3v) is 5.06. The van der Waals surface area contributed by atoms with E-state index in [-0.39, 0.29) is 17.9 Å². The monoisotopic (exact) mass is 366 g/mol. The molecule has 2 heterocycles. The van der Waals surface area contributed by atoms with E-state index < -0.39 is 5.92 Å². The molecule has 3 rings (SSSR count). The number of carbonyl (C=O) groups is 2. The third kappa shape index (κ3) is 4.34. The van der Waals surface area contributed by atoms with Crippen LogP contribution in [0.25, 0.3) is 0 Å². The van der Waals surface area contributed by atoms with Crippen LogP contribution in [-0.4, -0.2) is 53.8 Å². The highest BCUT2D eigenvalue weighted by atomic mass is 16.2. The molecule has 2 amide bonds. The number of aromatic nitrogens is 1. The number of hydrogen-bond acceptors (Lipinski definition) is 4. The predicted octanol–water partition coefficient (Wildman–Crippen LogP) is 1.95. The van der Waals surface area contributed by atoms with Gasteiger partial charge in [0.25, 0.3) is 0 Å². The molecule has 0 spiro atoms. The number of rotatable bonds is 5. The summed E-state index contributed by atoms with van der Waals surface area (Å²) in [6, 6.07) is 14.0. The summed E-state index contributed by atoms with van der Waals surface area (Å²) in [5.41, 5.74) is 2.86. The Hall–Kier alpha value is -2.73. The zero-order valence-electron chi connectivity index (χ0n) is 16.1. The van der Waals surface area contributed by atoms with Crippen molar-refractivity contribution < 1.29 is 9.59 Å². The highest BCUT2D eigenvalue weighted by Gasteiger charge is 2.33. The van der Waals surface area contributed by atoms with Gasteiger partial charge in [-0.25, -0.2) is 0 Å². The molecule has 142 valence electrons. The molecular weight excluding hydrogens is 340 g/mol. The van der Waals surface area contributed by atoms with Crippen LogP contribution in [0.3, 0.4) is 0 Å². The summed E-state index contributed by atoms with van der Waals surface area (Å²) in [7, 11) is 4.00. The zero-order valence-corrected chi connectivity index (χ0v) is 16.1. The molecule has 1 N–H and O–H groups in total. The molecule has 0 fully saturated rings. The second-order valence-electron chi connectivity index (χ2n) is 7.14. The standard InChI is InChI=1S/C21H26N4O2/c1-15(26)25-13-17-10-7-11-22-20(17)18(14-25)21(27)23-12-19(24(2)3)16-8-5-4-6-9-16/h4-11,18-19H,12-14H2,1-3H3,(H,23,27). The quantitative estimate of drug-likeness (QED) is 0.878. The lowest BCUT2D eigenvalue weighted by atomic mass is 9.93. The van der Waals surface area contributed by atoms with Gasteiger partial charge in [0.1, 0.15) is 0 Å². The maximum absolute atomic E-state index is 13.0. The fourth-order valence-electron chi connectivity index (χ4n) is 3.52. The fraction of sp³-hybridized carbons (Fsp3) is 0.381. The van der Waals surface area contributed by atoms with E-state index >= 15 is 0 Å². The normalized spacial score (nSPS) is 17.3. The first kappa shape index (κ1) is 19.0. The summed E-state index contributed by atoms with van der Waals surface area (Å²) >= 11 is 0. The Morgan fingerprint density at radius 3 is 2.63 bits per heavy atom. The summed E-state index contributed by atoms with van der Waals surface area (Å²) in [4.78, 5) is 33.1. The highest BCUT2D eigenvalue weighted by molar-refractivity contribution is 5.85. The molecular formula is C21H26N4O2. The van der Waals surface area contributed by atoms with Crippen molar-refractivity contribution in [1.29, 1.82) is 0 Å². The van der Waals surface area contributed by atoms with Gasteiger partial charge in [0, 0.05) is 32.8 Å². The van der Waals surface area contributed by atoms with Gasteiger partial charge in [0.2, 0.25) is 11.8 Å². The van der Waals surface area contributed by atoms with Gasteiger partial charge in [-0.1, -0.05) is 36.4 Å². The number of pyridine rings is 1. The molecule has 2 atom stereocenters. The summed E-state index contributed by atoms with van der Waals surface area (Å²) in [6.45, 7) is 2.90. The number of nitrogens with zero attached hydrogens (tertiary/aromatic N) is 3. The molecule has 2 aromatic rings. The van der Waals surface area contributed by atoms with Crippen molar-refractivity contribution in [3.05, 3.63) is 65.5 Å². The molecule has 1 aliphatic rings. The molecule has 2 unspecified atom stereocenters. The molecule has 6 nitrogen and oxygen atoms in total. The van der Waals surface area contributed by atoms with E-state index in [9.17, 15) is 9.59 Å². The average Bonchev–Trinajstić information content (AvgIpc) is 2.67. The Kier molecular flexibility index (Phi) is 5.86. The largest absolute Gasteiger partial charge is 0.354 e. The van der Waals surface area contributed by atoms with Gasteiger partial charge < -0.3 is 15.1 Å². The van der Waals surface area contributed by atoms with Gasteiger partial charge in [-0.05, 0) is 31.3 Å². The summed E-state index contributed by atoms with van der Waals surface area (Å²) < 4.78 is 0. The van der Waals surface area contributed by atoms with E-state index in [2.05, 4.69) is 27.3 Å². The highest BCUT2D eigenvalue weighted by Crippen LogP contribution is 2.27. The van der Waals surface area contributed by atoms with Gasteiger partial charge in [-0.3, -0.25) is 14.6 Å². The van der Waals surface area contributed by atoms with Crippen molar-refractivity contribution in [1.82, 2.24) is 20.1 Å². The van der Waals surface area contributed by atoms with Crippen molar-refractivity contribution in [3.8, 4) is 0 Å². The SMILES string of the molecule is CC(=O)N1Cc2cccnc2C(C(=O)NCC(c2ccccc2)N(C)C)C1. The van der Waals surface area contributed by atoms with E-state index in [0.29, 0.717) is 19.6 Å². The predicted molar refractivity (Wildman–Crippen MR) is 104 cm³/mol. The number of likely N-dealkylation sites (N-methyl/N-ethyl adjacent to an activating group) is 1. The van der Waals surface area contributed by atoms with Crippen molar-refractivity contribution in [3.63, 3.8) is 0 Å². The Labute approximate surface area is 160 Å². The summed E-state index contributed by atoms with van der Waals surface area (Å²) in [6.07, 6.45) is 1.70. The number of nitrogens with one attached hydrogen (secondary N) is 1. The van der Waals surface area contributed by atoms with Crippen LogP contribution < -0.4 is 5.32 Å². The number of hydrogen-bond donors (Lipinski definition) is 1. The molecule has 0 radical (unpaired) electrons. The minimum atomic E-state index is -0.447. The van der Waals surface area contributed by atoms with E-state index in [1.54, 1.807) is 11.1 Å². The lowest BCUT2D eigenvalue weighted by molar-refractivity contribution is -0.131. The second-order valence-corrected chi connectivity index (χ2v) is 7.14. The molecule has 0 bridgehead atoms. The minimum absolute atomic E-state index is 0.0299. The smallest absolute Gasteiger partial charge is 0.231 e. The van der Waals surface area contributed by atoms with E-state index in [1.807, 2.05) is 44.4 Å². The van der Waals surface area contributed by atoms with Crippen LogP contribution in [0.2, 0.25) is 0 Å². The van der Waals surface area contributed by atoms with Crippen LogP contribution in [0.4, 0.5) is 0 Å². The Morgan fingerprint density at radius 1 is 1.22 bits per heavy atom. The Balaban J connectivity index is 1.76. The maximum Gasteiger partial charge on any atom is 0.231 e. The molecule has 27 heavy (non-hydrogen) atoms. The first-order valence-corrected chi connectivity index (χ1v) is 9.15. The van der Waals surface area contributed by atoms with Gasteiger partial charge in [-0.15, -0.1) is 0 Å². The van der Waals surface area contributed by atoms with Crippen molar-refractivity contribution >= 4 is 11.8 Å². The first-order chi connectivity index (χ1) is 13.0. The van der Waals surface area contributed by atoms with Gasteiger partial charge in [-0.2, -0.15) is 0 Å². The van der Waals surface area contributed by atoms with Crippen molar-refractivity contribution in [2.24, 2.45) is 0 Å². The number of benzene rings is 1. The Bertz CT molecular complexity index is 807. The fourth-order valence-corrected chi connectivity index (χ4v) is 3.52. The van der Waals surface area contributed by atoms with E-state index in [1.165, 1.54) is 6.92 Å². The van der Waals surface area contributed by atoms with Crippen LogP contribution in [0.15, 0.2) is 48.7 Å². The summed E-state index contributed by atoms with van der Waals surface area (Å²) in [5, 5.41) is 3.07.